The first-order valence-electron chi connectivity index (χ1n) is 5.87. The molecular weight excluding hydrogens is 220 g/mol. The monoisotopic (exact) mass is 234 g/mol. The summed E-state index contributed by atoms with van der Waals surface area (Å²) < 4.78 is 15.9. The molecule has 0 N–H and O–H groups in total. The Morgan fingerprint density at radius 3 is 3.00 bits per heavy atom. The van der Waals surface area contributed by atoms with Gasteiger partial charge < -0.3 is 14.0 Å². The quantitative estimate of drug-likeness (QED) is 0.734. The van der Waals surface area contributed by atoms with E-state index in [1.54, 1.807) is 6.26 Å². The highest BCUT2D eigenvalue weighted by molar-refractivity contribution is 5.51. The Morgan fingerprint density at radius 1 is 1.24 bits per heavy atom. The molecule has 5 nitrogen and oxygen atoms in total. The second-order valence-electron chi connectivity index (χ2n) is 4.14. The molecule has 1 aromatic rings. The zero-order valence-corrected chi connectivity index (χ0v) is 9.46. The van der Waals surface area contributed by atoms with Crippen molar-refractivity contribution < 1.29 is 14.0 Å². The highest BCUT2D eigenvalue weighted by Crippen LogP contribution is 2.28. The van der Waals surface area contributed by atoms with Crippen LogP contribution in [0, 0.1) is 0 Å². The average Bonchev–Trinajstić information content (AvgIpc) is 2.90. The Morgan fingerprint density at radius 2 is 2.24 bits per heavy atom. The summed E-state index contributed by atoms with van der Waals surface area (Å²) in [5.74, 6) is 2.07. The lowest BCUT2D eigenvalue weighted by molar-refractivity contribution is 0.124. The van der Waals surface area contributed by atoms with Gasteiger partial charge in [0.15, 0.2) is 0 Å². The van der Waals surface area contributed by atoms with Gasteiger partial charge in [-0.1, -0.05) is 17.3 Å². The van der Waals surface area contributed by atoms with Gasteiger partial charge in [0.25, 0.3) is 0 Å². The summed E-state index contributed by atoms with van der Waals surface area (Å²) in [6.07, 6.45) is 9.00. The van der Waals surface area contributed by atoms with Gasteiger partial charge in [0.05, 0.1) is 0 Å². The van der Waals surface area contributed by atoms with Crippen LogP contribution in [-0.2, 0) is 9.47 Å². The third-order valence-corrected chi connectivity index (χ3v) is 2.93. The molecule has 0 bridgehead atoms. The lowest BCUT2D eigenvalue weighted by atomic mass is 9.94. The Hall–Kier alpha value is -1.78. The molecule has 1 atom stereocenters. The van der Waals surface area contributed by atoms with E-state index < -0.39 is 0 Å². The maximum absolute atomic E-state index is 5.40. The molecule has 0 saturated carbocycles. The maximum Gasteiger partial charge on any atom is 0.240 e. The van der Waals surface area contributed by atoms with Crippen LogP contribution in [0.25, 0.3) is 5.76 Å². The number of aromatic nitrogens is 2. The van der Waals surface area contributed by atoms with Crippen molar-refractivity contribution in [2.75, 3.05) is 13.2 Å². The minimum absolute atomic E-state index is 0.339. The summed E-state index contributed by atoms with van der Waals surface area (Å²) in [6.45, 7) is 1.10. The molecule has 1 aliphatic heterocycles. The molecule has 2 aliphatic rings. The lowest BCUT2D eigenvalue weighted by Crippen LogP contribution is -2.08. The fourth-order valence-corrected chi connectivity index (χ4v) is 2.00. The summed E-state index contributed by atoms with van der Waals surface area (Å²) in [5.41, 5.74) is 0. The number of nitrogens with zero attached hydrogens (tertiary/aromatic N) is 2. The van der Waals surface area contributed by atoms with E-state index in [-0.39, 0.29) is 0 Å². The van der Waals surface area contributed by atoms with E-state index >= 15 is 0 Å². The van der Waals surface area contributed by atoms with E-state index in [1.165, 1.54) is 0 Å². The predicted octanol–water partition coefficient (Wildman–Crippen LogP) is 2.24. The number of hydrogen-bond donors (Lipinski definition) is 0. The van der Waals surface area contributed by atoms with Gasteiger partial charge in [-0.3, -0.25) is 0 Å². The van der Waals surface area contributed by atoms with E-state index in [1.807, 2.05) is 0 Å². The van der Waals surface area contributed by atoms with Gasteiger partial charge in [-0.2, -0.15) is 4.98 Å². The summed E-state index contributed by atoms with van der Waals surface area (Å²) >= 11 is 0. The van der Waals surface area contributed by atoms with Crippen molar-refractivity contribution in [3.63, 3.8) is 0 Å². The van der Waals surface area contributed by atoms with Crippen LogP contribution in [0.1, 0.15) is 36.9 Å². The first kappa shape index (κ1) is 10.4. The molecule has 17 heavy (non-hydrogen) atoms. The van der Waals surface area contributed by atoms with Crippen LogP contribution in [0.5, 0.6) is 0 Å². The average molecular weight is 234 g/mol. The molecule has 1 aromatic heterocycles. The standard InChI is InChI=1S/C12H14N2O3/c1-2-4-9(5-3-1)12-13-11(14-17-12)10-8-15-6-7-16-10/h1-2,8-9H,3-7H2. The van der Waals surface area contributed by atoms with Crippen LogP contribution < -0.4 is 0 Å². The molecule has 0 saturated heterocycles. The maximum atomic E-state index is 5.40. The molecule has 0 fully saturated rings. The summed E-state index contributed by atoms with van der Waals surface area (Å²) in [4.78, 5) is 4.37. The van der Waals surface area contributed by atoms with Gasteiger partial charge in [-0.15, -0.1) is 0 Å². The third kappa shape index (κ3) is 2.18. The molecule has 90 valence electrons. The minimum Gasteiger partial charge on any atom is -0.494 e. The molecule has 0 amide bonds. The van der Waals surface area contributed by atoms with Gasteiger partial charge in [0.2, 0.25) is 17.5 Å². The zero-order valence-electron chi connectivity index (χ0n) is 9.46. The van der Waals surface area contributed by atoms with Crippen molar-refractivity contribution in [3.8, 4) is 0 Å². The number of hydrogen-bond acceptors (Lipinski definition) is 5. The first-order valence-corrected chi connectivity index (χ1v) is 5.87. The normalized spacial score (nSPS) is 23.8. The van der Waals surface area contributed by atoms with Gasteiger partial charge in [0.1, 0.15) is 19.5 Å². The van der Waals surface area contributed by atoms with Gasteiger partial charge in [0, 0.05) is 5.92 Å². The summed E-state index contributed by atoms with van der Waals surface area (Å²) in [6, 6.07) is 0. The van der Waals surface area contributed by atoms with Gasteiger partial charge in [-0.25, -0.2) is 0 Å². The molecule has 0 spiro atoms. The number of allylic oxidation sites excluding steroid dienone is 2. The van der Waals surface area contributed by atoms with Crippen LogP contribution in [0.4, 0.5) is 0 Å². The van der Waals surface area contributed by atoms with Crippen molar-refractivity contribution in [2.24, 2.45) is 0 Å². The topological polar surface area (TPSA) is 57.4 Å². The van der Waals surface area contributed by atoms with Crippen molar-refractivity contribution in [2.45, 2.75) is 25.2 Å². The third-order valence-electron chi connectivity index (χ3n) is 2.93. The van der Waals surface area contributed by atoms with Crippen molar-refractivity contribution >= 4 is 5.76 Å². The van der Waals surface area contributed by atoms with Crippen LogP contribution in [0.3, 0.4) is 0 Å². The van der Waals surface area contributed by atoms with Crippen LogP contribution in [0.2, 0.25) is 0 Å². The Kier molecular flexibility index (Phi) is 2.81. The zero-order chi connectivity index (χ0) is 11.5. The predicted molar refractivity (Wildman–Crippen MR) is 59.9 cm³/mol. The van der Waals surface area contributed by atoms with E-state index in [0.29, 0.717) is 36.6 Å². The molecule has 1 unspecified atom stereocenters. The Bertz CT molecular complexity index is 450. The summed E-state index contributed by atoms with van der Waals surface area (Å²) in [5, 5.41) is 3.93. The fourth-order valence-electron chi connectivity index (χ4n) is 2.00. The van der Waals surface area contributed by atoms with Crippen LogP contribution in [0.15, 0.2) is 22.9 Å². The molecule has 3 rings (SSSR count). The molecular formula is C12H14N2O3. The van der Waals surface area contributed by atoms with Gasteiger partial charge >= 0.3 is 0 Å². The highest BCUT2D eigenvalue weighted by atomic mass is 16.6. The van der Waals surface area contributed by atoms with E-state index in [0.717, 1.165) is 19.3 Å². The molecule has 0 aromatic carbocycles. The number of rotatable bonds is 2. The van der Waals surface area contributed by atoms with Gasteiger partial charge in [-0.05, 0) is 19.3 Å². The van der Waals surface area contributed by atoms with Crippen LogP contribution >= 0.6 is 0 Å². The first-order chi connectivity index (χ1) is 8.43. The molecule has 1 aliphatic carbocycles. The summed E-state index contributed by atoms with van der Waals surface area (Å²) in [7, 11) is 0. The van der Waals surface area contributed by atoms with Crippen molar-refractivity contribution in [3.05, 3.63) is 30.1 Å². The van der Waals surface area contributed by atoms with Crippen LogP contribution in [-0.4, -0.2) is 23.4 Å². The largest absolute Gasteiger partial charge is 0.494 e. The van der Waals surface area contributed by atoms with E-state index in [9.17, 15) is 0 Å². The number of ether oxygens (including phenoxy) is 2. The van der Waals surface area contributed by atoms with Crippen molar-refractivity contribution in [1.82, 2.24) is 10.1 Å². The van der Waals surface area contributed by atoms with E-state index in [2.05, 4.69) is 22.3 Å². The Labute approximate surface area is 99.1 Å². The second-order valence-corrected chi connectivity index (χ2v) is 4.14. The highest BCUT2D eigenvalue weighted by Gasteiger charge is 2.22. The molecule has 0 radical (unpaired) electrons. The molecule has 5 heteroatoms. The SMILES string of the molecule is C1=CCC(c2nc(C3=COCCO3)no2)CC1. The molecule has 2 heterocycles. The van der Waals surface area contributed by atoms with Crippen molar-refractivity contribution in [1.29, 1.82) is 0 Å². The lowest BCUT2D eigenvalue weighted by Gasteiger charge is -2.13. The Balaban J connectivity index is 1.77. The smallest absolute Gasteiger partial charge is 0.240 e. The minimum atomic E-state index is 0.339. The fraction of sp³-hybridized carbons (Fsp3) is 0.500. The second kappa shape index (κ2) is 4.61. The van der Waals surface area contributed by atoms with E-state index in [4.69, 9.17) is 14.0 Å².